The number of nitrogens with one attached hydrogen (secondary N) is 3. The second-order valence-electron chi connectivity index (χ2n) is 16.5. The molecule has 59 heavy (non-hydrogen) atoms. The lowest BCUT2D eigenvalue weighted by Crippen LogP contribution is -2.60. The van der Waals surface area contributed by atoms with Gasteiger partial charge in [0, 0.05) is 44.3 Å². The molecule has 6 atom stereocenters. The number of carbonyl (C=O) groups excluding carboxylic acids is 3. The van der Waals surface area contributed by atoms with Crippen LogP contribution in [0.25, 0.3) is 21.7 Å². The standard InChI is InChI=1S/C41H44Cl2N6O8S2/c1-6-22-17-41(22,38(52)48-59(53,54)26-9-10-26)47-35(50)30-16-25(56-36-28-15-24(43)7-11-27(28)33(55-5)18-44-36)19-49(30)37(51)34(40(2,3)4)46-39-45-29(20-58-39)32-14-21-13-23(42)8-12-31(21)57-32/h6-8,11-15,18,22,25-26,29-30,34H,1,9-10,16-17,19-20H2,2-5H3,(H,45,46)(H,47,50)(H,48,52)/t22-,25-,29?,30+,34-,41-/m1/s1. The third-order valence-electron chi connectivity index (χ3n) is 11.2. The number of methoxy groups -OCH3 is 1. The zero-order chi connectivity index (χ0) is 42.0. The average Bonchev–Trinajstić information content (AvgIpc) is 4.00. The van der Waals surface area contributed by atoms with Crippen LogP contribution in [-0.4, -0.2) is 89.6 Å². The van der Waals surface area contributed by atoms with Gasteiger partial charge in [0.25, 0.3) is 5.91 Å². The van der Waals surface area contributed by atoms with E-state index in [0.29, 0.717) is 61.7 Å². The van der Waals surface area contributed by atoms with Crippen molar-refractivity contribution in [2.75, 3.05) is 19.4 Å². The SMILES string of the molecule is C=C[C@@H]1C[C@]1(NC(=O)[C@@H]1C[C@@H](Oc2ncc(OC)c3ccc(Cl)cc23)CN1C(=O)[C@@H](NC1=NC(c2cc3cc(Cl)ccc3o2)CS1)C(C)(C)C)C(=O)NS(=O)(=O)C1CC1. The molecule has 2 saturated carbocycles. The first kappa shape index (κ1) is 41.2. The van der Waals surface area contributed by atoms with Crippen molar-refractivity contribution in [3.63, 3.8) is 0 Å². The number of carbonyl (C=O) groups is 3. The van der Waals surface area contributed by atoms with Crippen LogP contribution in [0, 0.1) is 11.3 Å². The number of amides is 3. The Morgan fingerprint density at radius 2 is 1.85 bits per heavy atom. The van der Waals surface area contributed by atoms with Gasteiger partial charge in [-0.1, -0.05) is 61.8 Å². The van der Waals surface area contributed by atoms with Gasteiger partial charge in [0.2, 0.25) is 27.7 Å². The zero-order valence-corrected chi connectivity index (χ0v) is 35.9. The van der Waals surface area contributed by atoms with Gasteiger partial charge in [-0.25, -0.2) is 13.4 Å². The molecule has 4 heterocycles. The number of nitrogens with zero attached hydrogens (tertiary/aromatic N) is 3. The molecule has 4 aromatic rings. The van der Waals surface area contributed by atoms with E-state index < -0.39 is 68.1 Å². The first-order valence-electron chi connectivity index (χ1n) is 19.3. The summed E-state index contributed by atoms with van der Waals surface area (Å²) in [6, 6.07) is 10.3. The van der Waals surface area contributed by atoms with Crippen molar-refractivity contribution in [1.82, 2.24) is 25.2 Å². The lowest BCUT2D eigenvalue weighted by atomic mass is 9.85. The molecule has 1 unspecified atom stereocenters. The second kappa shape index (κ2) is 15.5. The number of hydrogen-bond donors (Lipinski definition) is 3. The summed E-state index contributed by atoms with van der Waals surface area (Å²) in [6.45, 7) is 9.54. The molecule has 3 amide bonds. The number of likely N-dealkylation sites (tertiary alicyclic amines) is 1. The summed E-state index contributed by atoms with van der Waals surface area (Å²) in [5, 5.41) is 9.32. The minimum Gasteiger partial charge on any atom is -0.494 e. The highest BCUT2D eigenvalue weighted by atomic mass is 35.5. The summed E-state index contributed by atoms with van der Waals surface area (Å²) in [4.78, 5) is 53.9. The molecular weight excluding hydrogens is 840 g/mol. The van der Waals surface area contributed by atoms with Crippen LogP contribution in [0.5, 0.6) is 11.6 Å². The molecule has 1 saturated heterocycles. The average molecular weight is 884 g/mol. The maximum absolute atomic E-state index is 14.9. The molecule has 0 bridgehead atoms. The van der Waals surface area contributed by atoms with E-state index in [1.807, 2.05) is 39.0 Å². The Labute approximate surface area is 355 Å². The second-order valence-corrected chi connectivity index (χ2v) is 20.4. The monoisotopic (exact) mass is 882 g/mol. The van der Waals surface area contributed by atoms with Crippen LogP contribution in [-0.2, 0) is 24.4 Å². The number of pyridine rings is 1. The van der Waals surface area contributed by atoms with Crippen LogP contribution < -0.4 is 24.8 Å². The predicted molar refractivity (Wildman–Crippen MR) is 227 cm³/mol. The smallest absolute Gasteiger partial charge is 0.259 e. The number of aromatic nitrogens is 1. The number of ether oxygens (including phenoxy) is 2. The van der Waals surface area contributed by atoms with E-state index in [4.69, 9.17) is 42.1 Å². The summed E-state index contributed by atoms with van der Waals surface area (Å²) < 4.78 is 45.9. The van der Waals surface area contributed by atoms with Crippen molar-refractivity contribution in [2.45, 2.75) is 81.5 Å². The quantitative estimate of drug-likeness (QED) is 0.139. The number of hydrogen-bond acceptors (Lipinski definition) is 12. The number of aliphatic imine (C=N–C) groups is 1. The molecular formula is C41H44Cl2N6O8S2. The zero-order valence-electron chi connectivity index (χ0n) is 32.8. The third-order valence-corrected chi connectivity index (χ3v) is 14.5. The number of fused-ring (bicyclic) bond motifs is 2. The molecule has 0 spiro atoms. The van der Waals surface area contributed by atoms with E-state index in [1.54, 1.807) is 24.3 Å². The van der Waals surface area contributed by atoms with Gasteiger partial charge in [-0.3, -0.25) is 24.1 Å². The van der Waals surface area contributed by atoms with Crippen molar-refractivity contribution < 1.29 is 36.7 Å². The number of thioether (sulfide) groups is 1. The van der Waals surface area contributed by atoms with Crippen molar-refractivity contribution >= 4 is 89.6 Å². The maximum atomic E-state index is 14.9. The Kier molecular flexibility index (Phi) is 10.8. The minimum absolute atomic E-state index is 0.00905. The van der Waals surface area contributed by atoms with E-state index >= 15 is 0 Å². The van der Waals surface area contributed by atoms with Crippen LogP contribution in [0.3, 0.4) is 0 Å². The van der Waals surface area contributed by atoms with Crippen molar-refractivity contribution in [2.24, 2.45) is 16.3 Å². The first-order valence-corrected chi connectivity index (χ1v) is 22.5. The Bertz CT molecular complexity index is 2520. The fourth-order valence-corrected chi connectivity index (χ4v) is 10.4. The highest BCUT2D eigenvalue weighted by Crippen LogP contribution is 2.46. The number of amidine groups is 1. The molecule has 14 nitrogen and oxygen atoms in total. The number of furan rings is 1. The van der Waals surface area contributed by atoms with Crippen LogP contribution in [0.2, 0.25) is 10.0 Å². The molecule has 2 aromatic heterocycles. The summed E-state index contributed by atoms with van der Waals surface area (Å²) in [6.07, 6.45) is 3.43. The van der Waals surface area contributed by atoms with Crippen molar-refractivity contribution in [1.29, 1.82) is 0 Å². The van der Waals surface area contributed by atoms with Gasteiger partial charge in [-0.05, 0) is 67.1 Å². The van der Waals surface area contributed by atoms with Gasteiger partial charge >= 0.3 is 0 Å². The van der Waals surface area contributed by atoms with E-state index in [0.717, 1.165) is 5.39 Å². The number of rotatable bonds is 12. The number of halogens is 2. The van der Waals surface area contributed by atoms with Crippen LogP contribution in [0.4, 0.5) is 0 Å². The molecule has 0 radical (unpaired) electrons. The first-order chi connectivity index (χ1) is 28.0. The van der Waals surface area contributed by atoms with Gasteiger partial charge in [-0.15, -0.1) is 6.58 Å². The van der Waals surface area contributed by atoms with Gasteiger partial charge in [0.05, 0.1) is 25.1 Å². The Hall–Kier alpha value is -4.51. The topological polar surface area (TPSA) is 182 Å². The largest absolute Gasteiger partial charge is 0.494 e. The maximum Gasteiger partial charge on any atom is 0.259 e. The molecule has 18 heteroatoms. The van der Waals surface area contributed by atoms with Gasteiger partial charge in [-0.2, -0.15) is 0 Å². The van der Waals surface area contributed by atoms with Crippen LogP contribution in [0.1, 0.15) is 58.3 Å². The Balaban J connectivity index is 1.08. The Morgan fingerprint density at radius 1 is 1.10 bits per heavy atom. The molecule has 312 valence electrons. The van der Waals surface area contributed by atoms with E-state index in [9.17, 15) is 22.8 Å². The third kappa shape index (κ3) is 8.20. The van der Waals surface area contributed by atoms with Gasteiger partial charge in [0.15, 0.2) is 5.17 Å². The fraction of sp³-hybridized carbons (Fsp3) is 0.439. The summed E-state index contributed by atoms with van der Waals surface area (Å²) in [7, 11) is -2.37. The highest BCUT2D eigenvalue weighted by Gasteiger charge is 2.62. The van der Waals surface area contributed by atoms with Gasteiger partial charge in [0.1, 0.15) is 46.9 Å². The summed E-state index contributed by atoms with van der Waals surface area (Å²) >= 11 is 14.0. The normalized spacial score (nSPS) is 24.7. The van der Waals surface area contributed by atoms with Gasteiger partial charge < -0.3 is 29.4 Å². The van der Waals surface area contributed by atoms with E-state index in [1.165, 1.54) is 36.0 Å². The summed E-state index contributed by atoms with van der Waals surface area (Å²) in [5.74, 6) is -0.383. The van der Waals surface area contributed by atoms with E-state index in [2.05, 4.69) is 26.9 Å². The minimum atomic E-state index is -3.91. The molecule has 4 aliphatic rings. The molecule has 3 fully saturated rings. The molecule has 2 aliphatic carbocycles. The lowest BCUT2D eigenvalue weighted by molar-refractivity contribution is -0.142. The highest BCUT2D eigenvalue weighted by molar-refractivity contribution is 8.14. The number of benzene rings is 2. The molecule has 2 aliphatic heterocycles. The Morgan fingerprint density at radius 3 is 2.54 bits per heavy atom. The summed E-state index contributed by atoms with van der Waals surface area (Å²) in [5.41, 5.74) is -1.53. The predicted octanol–water partition coefficient (Wildman–Crippen LogP) is 6.16. The fourth-order valence-electron chi connectivity index (χ4n) is 7.71. The number of sulfonamides is 1. The van der Waals surface area contributed by atoms with Crippen LogP contribution >= 0.6 is 35.0 Å². The van der Waals surface area contributed by atoms with E-state index in [-0.39, 0.29) is 31.3 Å². The molecule has 8 rings (SSSR count). The lowest BCUT2D eigenvalue weighted by Gasteiger charge is -2.36. The molecule has 2 aromatic carbocycles. The molecule has 3 N–H and O–H groups in total. The van der Waals surface area contributed by atoms with Crippen molar-refractivity contribution in [3.05, 3.63) is 77.1 Å². The van der Waals surface area contributed by atoms with Crippen molar-refractivity contribution in [3.8, 4) is 11.6 Å². The van der Waals surface area contributed by atoms with Crippen LogP contribution in [0.15, 0.2) is 70.7 Å².